The average Bonchev–Trinajstić information content (AvgIpc) is 2.44. The molecule has 1 aliphatic rings. The molecule has 1 aliphatic carbocycles. The van der Waals surface area contributed by atoms with E-state index in [4.69, 9.17) is 0 Å². The summed E-state index contributed by atoms with van der Waals surface area (Å²) < 4.78 is 0. The second kappa shape index (κ2) is 9.92. The van der Waals surface area contributed by atoms with Gasteiger partial charge in [-0.3, -0.25) is 9.59 Å². The first-order chi connectivity index (χ1) is 9.67. The van der Waals surface area contributed by atoms with E-state index < -0.39 is 0 Å². The number of hydrogen-bond donors (Lipinski definition) is 2. The topological polar surface area (TPSA) is 58.2 Å². The molecule has 0 spiro atoms. The van der Waals surface area contributed by atoms with Crippen molar-refractivity contribution in [3.05, 3.63) is 0 Å². The van der Waals surface area contributed by atoms with Crippen molar-refractivity contribution in [3.8, 4) is 0 Å². The van der Waals surface area contributed by atoms with Crippen LogP contribution in [0, 0.1) is 11.8 Å². The zero-order chi connectivity index (χ0) is 14.8. The zero-order valence-corrected chi connectivity index (χ0v) is 13.0. The molecule has 0 saturated heterocycles. The lowest BCUT2D eigenvalue weighted by Crippen LogP contribution is -2.39. The minimum absolute atomic E-state index is 0.00370. The molecule has 0 radical (unpaired) electrons. The van der Waals surface area contributed by atoms with Crippen LogP contribution in [-0.2, 0) is 9.59 Å². The highest BCUT2D eigenvalue weighted by atomic mass is 16.2. The zero-order valence-electron chi connectivity index (χ0n) is 13.0. The van der Waals surface area contributed by atoms with E-state index in [-0.39, 0.29) is 11.8 Å². The summed E-state index contributed by atoms with van der Waals surface area (Å²) in [4.78, 5) is 23.8. The fourth-order valence-corrected chi connectivity index (χ4v) is 2.85. The summed E-state index contributed by atoms with van der Waals surface area (Å²) in [6, 6.07) is 0. The molecule has 2 atom stereocenters. The van der Waals surface area contributed by atoms with Gasteiger partial charge in [0.15, 0.2) is 0 Å². The summed E-state index contributed by atoms with van der Waals surface area (Å²) in [6.07, 6.45) is 6.38. The molecular weight excluding hydrogens is 252 g/mol. The lowest BCUT2D eigenvalue weighted by Gasteiger charge is -2.25. The third-order valence-electron chi connectivity index (χ3n) is 3.94. The van der Waals surface area contributed by atoms with Crippen molar-refractivity contribution < 1.29 is 9.59 Å². The Kier molecular flexibility index (Phi) is 8.51. The first kappa shape index (κ1) is 17.2. The summed E-state index contributed by atoms with van der Waals surface area (Å²) in [5.41, 5.74) is 0. The van der Waals surface area contributed by atoms with Gasteiger partial charge >= 0.3 is 0 Å². The van der Waals surface area contributed by atoms with E-state index in [2.05, 4.69) is 24.5 Å². The fourth-order valence-electron chi connectivity index (χ4n) is 2.85. The van der Waals surface area contributed by atoms with E-state index in [0.29, 0.717) is 18.1 Å². The third kappa shape index (κ3) is 6.51. The summed E-state index contributed by atoms with van der Waals surface area (Å²) in [7, 11) is 0. The van der Waals surface area contributed by atoms with Gasteiger partial charge in [-0.1, -0.05) is 13.8 Å². The quantitative estimate of drug-likeness (QED) is 0.638. The maximum atomic E-state index is 12.2. The Morgan fingerprint density at radius 1 is 1.30 bits per heavy atom. The molecular formula is C16H30N2O2. The normalized spacial score (nSPS) is 20.7. The van der Waals surface area contributed by atoms with Crippen molar-refractivity contribution in [1.82, 2.24) is 10.6 Å². The Morgan fingerprint density at radius 2 is 2.05 bits per heavy atom. The summed E-state index contributed by atoms with van der Waals surface area (Å²) in [5, 5.41) is 6.34. The van der Waals surface area contributed by atoms with Crippen LogP contribution in [0.2, 0.25) is 0 Å². The Morgan fingerprint density at radius 3 is 2.70 bits per heavy atom. The standard InChI is InChI=1S/C16H30N2O2/c1-3-8-17-12-14(16(20)18-9-4-2)10-13-6-5-7-15(19)11-13/h13-14,17H,3-12H2,1-2H3,(H,18,20). The van der Waals surface area contributed by atoms with Gasteiger partial charge in [0.2, 0.25) is 5.91 Å². The summed E-state index contributed by atoms with van der Waals surface area (Å²) in [5.74, 6) is 0.921. The highest BCUT2D eigenvalue weighted by molar-refractivity contribution is 5.80. The van der Waals surface area contributed by atoms with Gasteiger partial charge in [0.05, 0.1) is 5.92 Å². The molecule has 2 N–H and O–H groups in total. The number of ketones is 1. The molecule has 1 saturated carbocycles. The molecule has 0 aromatic rings. The van der Waals surface area contributed by atoms with Gasteiger partial charge in [0.25, 0.3) is 0 Å². The minimum atomic E-state index is 0.00370. The van der Waals surface area contributed by atoms with Crippen LogP contribution in [0.4, 0.5) is 0 Å². The van der Waals surface area contributed by atoms with E-state index in [9.17, 15) is 9.59 Å². The SMILES string of the molecule is CCCNCC(CC1CCCC(=O)C1)C(=O)NCCC. The predicted octanol–water partition coefficient (Wildman–Crippen LogP) is 2.28. The van der Waals surface area contributed by atoms with Gasteiger partial charge in [-0.05, 0) is 44.6 Å². The van der Waals surface area contributed by atoms with Gasteiger partial charge in [-0.2, -0.15) is 0 Å². The Bertz CT molecular complexity index is 305. The van der Waals surface area contributed by atoms with Gasteiger partial charge < -0.3 is 10.6 Å². The minimum Gasteiger partial charge on any atom is -0.356 e. The van der Waals surface area contributed by atoms with E-state index in [1.807, 2.05) is 0 Å². The Balaban J connectivity index is 2.47. The highest BCUT2D eigenvalue weighted by Gasteiger charge is 2.26. The summed E-state index contributed by atoms with van der Waals surface area (Å²) in [6.45, 7) is 6.60. The number of nitrogens with one attached hydrogen (secondary N) is 2. The molecule has 2 unspecified atom stereocenters. The smallest absolute Gasteiger partial charge is 0.224 e. The number of carbonyl (C=O) groups is 2. The summed E-state index contributed by atoms with van der Waals surface area (Å²) >= 11 is 0. The Labute approximate surface area is 123 Å². The van der Waals surface area contributed by atoms with Crippen molar-refractivity contribution in [2.24, 2.45) is 11.8 Å². The van der Waals surface area contributed by atoms with Crippen LogP contribution in [0.3, 0.4) is 0 Å². The Hall–Kier alpha value is -0.900. The third-order valence-corrected chi connectivity index (χ3v) is 3.94. The first-order valence-electron chi connectivity index (χ1n) is 8.17. The van der Waals surface area contributed by atoms with Crippen molar-refractivity contribution >= 4 is 11.7 Å². The monoisotopic (exact) mass is 282 g/mol. The lowest BCUT2D eigenvalue weighted by molar-refractivity contribution is -0.127. The molecule has 1 rings (SSSR count). The predicted molar refractivity (Wildman–Crippen MR) is 81.5 cm³/mol. The van der Waals surface area contributed by atoms with Crippen molar-refractivity contribution in [3.63, 3.8) is 0 Å². The second-order valence-corrected chi connectivity index (χ2v) is 5.93. The largest absolute Gasteiger partial charge is 0.356 e. The number of carbonyl (C=O) groups excluding carboxylic acids is 2. The molecule has 0 aromatic carbocycles. The maximum Gasteiger partial charge on any atom is 0.224 e. The van der Waals surface area contributed by atoms with E-state index >= 15 is 0 Å². The van der Waals surface area contributed by atoms with Gasteiger partial charge in [-0.25, -0.2) is 0 Å². The number of amides is 1. The molecule has 4 heteroatoms. The molecule has 0 bridgehead atoms. The van der Waals surface area contributed by atoms with Crippen LogP contribution in [0.1, 0.15) is 58.8 Å². The molecule has 4 nitrogen and oxygen atoms in total. The molecule has 1 amide bonds. The maximum absolute atomic E-state index is 12.2. The number of rotatable bonds is 9. The van der Waals surface area contributed by atoms with Crippen LogP contribution < -0.4 is 10.6 Å². The van der Waals surface area contributed by atoms with Gasteiger partial charge in [0, 0.05) is 25.9 Å². The molecule has 116 valence electrons. The van der Waals surface area contributed by atoms with Gasteiger partial charge in [-0.15, -0.1) is 0 Å². The number of hydrogen-bond acceptors (Lipinski definition) is 3. The molecule has 1 fully saturated rings. The van der Waals surface area contributed by atoms with Crippen molar-refractivity contribution in [2.75, 3.05) is 19.6 Å². The van der Waals surface area contributed by atoms with Crippen LogP contribution >= 0.6 is 0 Å². The first-order valence-corrected chi connectivity index (χ1v) is 8.17. The molecule has 0 aromatic heterocycles. The number of Topliss-reactive ketones (excluding diaryl/α,β-unsaturated/α-hetero) is 1. The van der Waals surface area contributed by atoms with Crippen LogP contribution in [0.15, 0.2) is 0 Å². The van der Waals surface area contributed by atoms with E-state index in [1.54, 1.807) is 0 Å². The highest BCUT2D eigenvalue weighted by Crippen LogP contribution is 2.27. The molecule has 20 heavy (non-hydrogen) atoms. The molecule has 0 aliphatic heterocycles. The fraction of sp³-hybridized carbons (Fsp3) is 0.875. The van der Waals surface area contributed by atoms with E-state index in [1.165, 1.54) is 0 Å². The van der Waals surface area contributed by atoms with Gasteiger partial charge in [0.1, 0.15) is 5.78 Å². The van der Waals surface area contributed by atoms with Crippen LogP contribution in [-0.4, -0.2) is 31.3 Å². The lowest BCUT2D eigenvalue weighted by atomic mass is 9.82. The van der Waals surface area contributed by atoms with E-state index in [0.717, 1.165) is 58.2 Å². The van der Waals surface area contributed by atoms with Crippen molar-refractivity contribution in [2.45, 2.75) is 58.8 Å². The van der Waals surface area contributed by atoms with Crippen LogP contribution in [0.25, 0.3) is 0 Å². The average molecular weight is 282 g/mol. The molecule has 0 heterocycles. The van der Waals surface area contributed by atoms with Crippen LogP contribution in [0.5, 0.6) is 0 Å². The van der Waals surface area contributed by atoms with Crippen molar-refractivity contribution in [1.29, 1.82) is 0 Å². The second-order valence-electron chi connectivity index (χ2n) is 5.93.